The molecule has 3 rings (SSSR count). The van der Waals surface area contributed by atoms with Gasteiger partial charge in [0.05, 0.1) is 12.7 Å². The Morgan fingerprint density at radius 3 is 2.79 bits per heavy atom. The highest BCUT2D eigenvalue weighted by Crippen LogP contribution is 2.18. The maximum absolute atomic E-state index is 4.24. The van der Waals surface area contributed by atoms with Crippen molar-refractivity contribution in [3.63, 3.8) is 0 Å². The van der Waals surface area contributed by atoms with Crippen molar-refractivity contribution in [1.82, 2.24) is 20.3 Å². The largest absolute Gasteiger partial charge is 0.309 e. The molecule has 1 fully saturated rings. The van der Waals surface area contributed by atoms with Crippen molar-refractivity contribution < 1.29 is 0 Å². The third-order valence-electron chi connectivity index (χ3n) is 3.51. The first-order valence-corrected chi connectivity index (χ1v) is 7.08. The molecule has 0 radical (unpaired) electrons. The summed E-state index contributed by atoms with van der Waals surface area (Å²) in [6, 6.07) is 9.29. The molecule has 19 heavy (non-hydrogen) atoms. The molecule has 0 saturated carbocycles. The molecule has 100 valence electrons. The van der Waals surface area contributed by atoms with E-state index in [9.17, 15) is 0 Å². The molecule has 0 aliphatic carbocycles. The van der Waals surface area contributed by atoms with Crippen LogP contribution in [0.5, 0.6) is 0 Å². The minimum atomic E-state index is 0.589. The van der Waals surface area contributed by atoms with Crippen LogP contribution in [-0.2, 0) is 13.0 Å². The number of unbranched alkanes of at least 4 members (excludes halogenated alkanes) is 1. The molecule has 1 aliphatic rings. The van der Waals surface area contributed by atoms with Gasteiger partial charge in [0.2, 0.25) is 0 Å². The fourth-order valence-electron chi connectivity index (χ4n) is 2.18. The van der Waals surface area contributed by atoms with Gasteiger partial charge in [0, 0.05) is 18.2 Å². The Labute approximate surface area is 113 Å². The molecule has 2 aromatic rings. The van der Waals surface area contributed by atoms with Crippen molar-refractivity contribution in [1.29, 1.82) is 0 Å². The lowest BCUT2D eigenvalue weighted by atomic mass is 10.1. The van der Waals surface area contributed by atoms with E-state index in [1.54, 1.807) is 0 Å². The van der Waals surface area contributed by atoms with Gasteiger partial charge in [-0.25, -0.2) is 0 Å². The van der Waals surface area contributed by atoms with Gasteiger partial charge in [-0.05, 0) is 18.4 Å². The van der Waals surface area contributed by atoms with E-state index in [0.29, 0.717) is 6.04 Å². The van der Waals surface area contributed by atoms with Gasteiger partial charge in [0.1, 0.15) is 5.69 Å². The summed E-state index contributed by atoms with van der Waals surface area (Å²) in [7, 11) is 0. The molecule has 0 bridgehead atoms. The first-order chi connectivity index (χ1) is 9.35. The van der Waals surface area contributed by atoms with E-state index < -0.39 is 0 Å². The zero-order chi connectivity index (χ0) is 13.1. The zero-order valence-electron chi connectivity index (χ0n) is 11.3. The van der Waals surface area contributed by atoms with E-state index in [1.807, 2.05) is 10.9 Å². The molecule has 0 amide bonds. The Balaban J connectivity index is 1.68. The molecule has 2 heterocycles. The minimum absolute atomic E-state index is 0.589. The van der Waals surface area contributed by atoms with Crippen molar-refractivity contribution in [2.45, 2.75) is 38.8 Å². The normalized spacial score (nSPS) is 17.6. The highest BCUT2D eigenvalue weighted by molar-refractivity contribution is 5.57. The van der Waals surface area contributed by atoms with Gasteiger partial charge in [-0.1, -0.05) is 42.8 Å². The number of hydrogen-bond donors (Lipinski definition) is 1. The number of benzene rings is 1. The molecule has 1 aromatic heterocycles. The van der Waals surface area contributed by atoms with Gasteiger partial charge < -0.3 is 5.32 Å². The molecular weight excluding hydrogens is 236 g/mol. The van der Waals surface area contributed by atoms with Gasteiger partial charge in [-0.2, -0.15) is 0 Å². The lowest BCUT2D eigenvalue weighted by Crippen LogP contribution is -2.06. The number of hydrogen-bond acceptors (Lipinski definition) is 3. The van der Waals surface area contributed by atoms with Gasteiger partial charge >= 0.3 is 0 Å². The summed E-state index contributed by atoms with van der Waals surface area (Å²) in [6.07, 6.45) is 5.69. The number of nitrogens with one attached hydrogen (secondary N) is 1. The van der Waals surface area contributed by atoms with Crippen LogP contribution in [0.15, 0.2) is 30.5 Å². The number of rotatable bonds is 6. The zero-order valence-corrected chi connectivity index (χ0v) is 11.3. The molecule has 1 N–H and O–H groups in total. The third kappa shape index (κ3) is 3.20. The average molecular weight is 256 g/mol. The van der Waals surface area contributed by atoms with Crippen LogP contribution in [0.1, 0.15) is 25.3 Å². The van der Waals surface area contributed by atoms with Crippen LogP contribution in [0.3, 0.4) is 0 Å². The molecule has 1 saturated heterocycles. The third-order valence-corrected chi connectivity index (χ3v) is 3.51. The maximum Gasteiger partial charge on any atom is 0.113 e. The molecule has 1 atom stereocenters. The van der Waals surface area contributed by atoms with Gasteiger partial charge in [0.25, 0.3) is 0 Å². The predicted octanol–water partition coefficient (Wildman–Crippen LogP) is 2.26. The first-order valence-electron chi connectivity index (χ1n) is 7.08. The molecule has 1 aliphatic heterocycles. The molecule has 1 unspecified atom stereocenters. The Bertz CT molecular complexity index is 525. The Kier molecular flexibility index (Phi) is 3.60. The molecule has 0 spiro atoms. The van der Waals surface area contributed by atoms with Crippen LogP contribution in [-0.4, -0.2) is 27.6 Å². The lowest BCUT2D eigenvalue weighted by Gasteiger charge is -2.01. The lowest BCUT2D eigenvalue weighted by molar-refractivity contribution is 0.582. The molecule has 4 nitrogen and oxygen atoms in total. The van der Waals surface area contributed by atoms with Crippen LogP contribution < -0.4 is 5.32 Å². The summed E-state index contributed by atoms with van der Waals surface area (Å²) in [6.45, 7) is 4.24. The SMILES string of the molecule is CCCCc1ccc(-c2cn(CC3CN3)nn2)cc1. The van der Waals surface area contributed by atoms with E-state index in [1.165, 1.54) is 18.4 Å². The maximum atomic E-state index is 4.24. The Hall–Kier alpha value is -1.68. The fourth-order valence-corrected chi connectivity index (χ4v) is 2.18. The number of aromatic nitrogens is 3. The Morgan fingerprint density at radius 2 is 2.11 bits per heavy atom. The van der Waals surface area contributed by atoms with Crippen molar-refractivity contribution in [2.75, 3.05) is 6.54 Å². The topological polar surface area (TPSA) is 52.7 Å². The van der Waals surface area contributed by atoms with Crippen LogP contribution in [0.25, 0.3) is 11.3 Å². The molecule has 1 aromatic carbocycles. The van der Waals surface area contributed by atoms with Gasteiger partial charge in [-0.15, -0.1) is 5.10 Å². The second kappa shape index (κ2) is 5.53. The van der Waals surface area contributed by atoms with E-state index in [4.69, 9.17) is 0 Å². The van der Waals surface area contributed by atoms with Gasteiger partial charge in [-0.3, -0.25) is 4.68 Å². The van der Waals surface area contributed by atoms with Crippen molar-refractivity contribution >= 4 is 0 Å². The van der Waals surface area contributed by atoms with Crippen LogP contribution in [0.4, 0.5) is 0 Å². The molecular formula is C15H20N4. The number of aryl methyl sites for hydroxylation is 1. The second-order valence-electron chi connectivity index (χ2n) is 5.23. The number of nitrogens with zero attached hydrogens (tertiary/aromatic N) is 3. The van der Waals surface area contributed by atoms with Crippen LogP contribution >= 0.6 is 0 Å². The first kappa shape index (κ1) is 12.4. The second-order valence-corrected chi connectivity index (χ2v) is 5.23. The van der Waals surface area contributed by atoms with Crippen molar-refractivity contribution in [3.8, 4) is 11.3 Å². The van der Waals surface area contributed by atoms with Crippen molar-refractivity contribution in [3.05, 3.63) is 36.0 Å². The molecule has 4 heteroatoms. The quantitative estimate of drug-likeness (QED) is 0.807. The summed E-state index contributed by atoms with van der Waals surface area (Å²) in [5, 5.41) is 11.7. The predicted molar refractivity (Wildman–Crippen MR) is 75.9 cm³/mol. The average Bonchev–Trinajstić information content (AvgIpc) is 3.13. The van der Waals surface area contributed by atoms with E-state index >= 15 is 0 Å². The highest BCUT2D eigenvalue weighted by atomic mass is 15.4. The minimum Gasteiger partial charge on any atom is -0.309 e. The van der Waals surface area contributed by atoms with E-state index in [2.05, 4.69) is 46.8 Å². The summed E-state index contributed by atoms with van der Waals surface area (Å²) in [5.41, 5.74) is 3.51. The Morgan fingerprint density at radius 1 is 1.32 bits per heavy atom. The fraction of sp³-hybridized carbons (Fsp3) is 0.467. The summed E-state index contributed by atoms with van der Waals surface area (Å²) in [5.74, 6) is 0. The van der Waals surface area contributed by atoms with Crippen molar-refractivity contribution in [2.24, 2.45) is 0 Å². The van der Waals surface area contributed by atoms with Gasteiger partial charge in [0.15, 0.2) is 0 Å². The van der Waals surface area contributed by atoms with E-state index in [-0.39, 0.29) is 0 Å². The van der Waals surface area contributed by atoms with Crippen LogP contribution in [0, 0.1) is 0 Å². The standard InChI is InChI=1S/C15H20N4/c1-2-3-4-12-5-7-13(8-6-12)15-11-19(18-17-15)10-14-9-16-14/h5-8,11,14,16H,2-4,9-10H2,1H3. The van der Waals surface area contributed by atoms with E-state index in [0.717, 1.165) is 30.8 Å². The monoisotopic (exact) mass is 256 g/mol. The summed E-state index contributed by atoms with van der Waals surface area (Å²) >= 11 is 0. The smallest absolute Gasteiger partial charge is 0.113 e. The highest BCUT2D eigenvalue weighted by Gasteiger charge is 2.20. The summed E-state index contributed by atoms with van der Waals surface area (Å²) in [4.78, 5) is 0. The van der Waals surface area contributed by atoms with Crippen LogP contribution in [0.2, 0.25) is 0 Å². The summed E-state index contributed by atoms with van der Waals surface area (Å²) < 4.78 is 1.92.